The van der Waals surface area contributed by atoms with Gasteiger partial charge in [-0.25, -0.2) is 0 Å². The van der Waals surface area contributed by atoms with Crippen molar-refractivity contribution in [2.24, 2.45) is 0 Å². The predicted octanol–water partition coefficient (Wildman–Crippen LogP) is 3.22. The van der Waals surface area contributed by atoms with Crippen molar-refractivity contribution in [2.75, 3.05) is 13.1 Å². The molecule has 0 unspecified atom stereocenters. The van der Waals surface area contributed by atoms with Crippen molar-refractivity contribution in [3.05, 3.63) is 45.6 Å². The number of rotatable bonds is 5. The molecule has 0 saturated heterocycles. The Morgan fingerprint density at radius 2 is 2.00 bits per heavy atom. The molecule has 0 radical (unpaired) electrons. The van der Waals surface area contributed by atoms with Crippen LogP contribution in [-0.2, 0) is 0 Å². The summed E-state index contributed by atoms with van der Waals surface area (Å²) in [5.41, 5.74) is 1.76. The van der Waals surface area contributed by atoms with Crippen molar-refractivity contribution in [1.29, 1.82) is 0 Å². The molecule has 0 fully saturated rings. The lowest BCUT2D eigenvalue weighted by Crippen LogP contribution is -2.15. The van der Waals surface area contributed by atoms with Gasteiger partial charge >= 0.3 is 0 Å². The van der Waals surface area contributed by atoms with Crippen LogP contribution in [0.4, 0.5) is 5.69 Å². The van der Waals surface area contributed by atoms with E-state index < -0.39 is 0 Å². The Kier molecular flexibility index (Phi) is 4.69. The van der Waals surface area contributed by atoms with Gasteiger partial charge in [-0.2, -0.15) is 0 Å². The Labute approximate surface area is 102 Å². The maximum Gasteiger partial charge on any atom is 0.276 e. The van der Waals surface area contributed by atoms with Crippen LogP contribution in [0, 0.1) is 17.0 Å². The Bertz CT molecular complexity index is 423. The van der Waals surface area contributed by atoms with Gasteiger partial charge in [0.2, 0.25) is 0 Å². The molecular weight excluding hydrogens is 216 g/mol. The fourth-order valence-corrected chi connectivity index (χ4v) is 1.66. The van der Waals surface area contributed by atoms with Gasteiger partial charge in [0, 0.05) is 19.2 Å². The van der Waals surface area contributed by atoms with Crippen LogP contribution in [0.3, 0.4) is 0 Å². The van der Waals surface area contributed by atoms with E-state index in [9.17, 15) is 10.1 Å². The number of hydrogen-bond donors (Lipinski definition) is 0. The predicted molar refractivity (Wildman–Crippen MR) is 69.8 cm³/mol. The lowest BCUT2D eigenvalue weighted by Gasteiger charge is -2.14. The molecule has 0 bridgehead atoms. The number of benzene rings is 1. The molecule has 0 saturated carbocycles. The van der Waals surface area contributed by atoms with Gasteiger partial charge in [0.1, 0.15) is 0 Å². The molecule has 17 heavy (non-hydrogen) atoms. The normalized spacial score (nSPS) is 10.8. The van der Waals surface area contributed by atoms with Crippen molar-refractivity contribution in [3.63, 3.8) is 0 Å². The monoisotopic (exact) mass is 234 g/mol. The van der Waals surface area contributed by atoms with E-state index in [4.69, 9.17) is 0 Å². The number of nitrogens with zero attached hydrogens (tertiary/aromatic N) is 2. The average molecular weight is 234 g/mol. The Balaban J connectivity index is 3.08. The molecule has 1 rings (SSSR count). The second kappa shape index (κ2) is 6.03. The van der Waals surface area contributed by atoms with Gasteiger partial charge in [0.25, 0.3) is 5.69 Å². The maximum absolute atomic E-state index is 10.9. The topological polar surface area (TPSA) is 46.4 Å². The molecule has 0 spiro atoms. The van der Waals surface area contributed by atoms with Gasteiger partial charge in [-0.15, -0.1) is 0 Å². The van der Waals surface area contributed by atoms with E-state index in [1.807, 2.05) is 25.3 Å². The van der Waals surface area contributed by atoms with E-state index in [1.165, 1.54) is 6.07 Å². The minimum Gasteiger partial charge on any atom is -0.378 e. The van der Waals surface area contributed by atoms with Gasteiger partial charge < -0.3 is 4.90 Å². The molecule has 4 heteroatoms. The fourth-order valence-electron chi connectivity index (χ4n) is 1.66. The molecular formula is C13H18N2O2. The van der Waals surface area contributed by atoms with Crippen LogP contribution in [0.2, 0.25) is 0 Å². The first-order valence-electron chi connectivity index (χ1n) is 5.76. The molecule has 0 N–H and O–H groups in total. The Hall–Kier alpha value is -1.84. The van der Waals surface area contributed by atoms with E-state index in [2.05, 4.69) is 18.7 Å². The zero-order valence-corrected chi connectivity index (χ0v) is 10.5. The summed E-state index contributed by atoms with van der Waals surface area (Å²) in [6.45, 7) is 7.79. The van der Waals surface area contributed by atoms with Crippen LogP contribution < -0.4 is 0 Å². The highest BCUT2D eigenvalue weighted by molar-refractivity contribution is 5.64. The molecule has 0 heterocycles. The van der Waals surface area contributed by atoms with Crippen molar-refractivity contribution in [1.82, 2.24) is 4.90 Å². The molecule has 0 aliphatic rings. The lowest BCUT2D eigenvalue weighted by molar-refractivity contribution is -0.385. The van der Waals surface area contributed by atoms with Gasteiger partial charge in [-0.1, -0.05) is 12.1 Å². The summed E-state index contributed by atoms with van der Waals surface area (Å²) in [5.74, 6) is 0. The minimum atomic E-state index is -0.338. The van der Waals surface area contributed by atoms with E-state index in [0.717, 1.165) is 18.7 Å². The largest absolute Gasteiger partial charge is 0.378 e. The van der Waals surface area contributed by atoms with Crippen LogP contribution in [-0.4, -0.2) is 22.9 Å². The summed E-state index contributed by atoms with van der Waals surface area (Å²) >= 11 is 0. The summed E-state index contributed by atoms with van der Waals surface area (Å²) in [6.07, 6.45) is 3.73. The van der Waals surface area contributed by atoms with Crippen LogP contribution in [0.25, 0.3) is 6.08 Å². The van der Waals surface area contributed by atoms with Gasteiger partial charge in [-0.05, 0) is 38.6 Å². The van der Waals surface area contributed by atoms with E-state index in [-0.39, 0.29) is 10.6 Å². The van der Waals surface area contributed by atoms with E-state index in [1.54, 1.807) is 6.07 Å². The smallest absolute Gasteiger partial charge is 0.276 e. The van der Waals surface area contributed by atoms with Crippen molar-refractivity contribution >= 4 is 11.8 Å². The zero-order chi connectivity index (χ0) is 12.8. The van der Waals surface area contributed by atoms with Crippen LogP contribution >= 0.6 is 0 Å². The molecule has 92 valence electrons. The highest BCUT2D eigenvalue weighted by Crippen LogP contribution is 2.23. The van der Waals surface area contributed by atoms with Crippen LogP contribution in [0.1, 0.15) is 25.0 Å². The lowest BCUT2D eigenvalue weighted by atomic mass is 10.1. The molecule has 1 aromatic carbocycles. The maximum atomic E-state index is 10.9. The third-order valence-corrected chi connectivity index (χ3v) is 2.76. The second-order valence-electron chi connectivity index (χ2n) is 3.80. The SMILES string of the molecule is CCN(C=Cc1c(C)cccc1[N+](=O)[O-])CC. The van der Waals surface area contributed by atoms with Crippen molar-refractivity contribution in [2.45, 2.75) is 20.8 Å². The minimum absolute atomic E-state index is 0.161. The molecule has 0 aliphatic heterocycles. The van der Waals surface area contributed by atoms with E-state index >= 15 is 0 Å². The highest BCUT2D eigenvalue weighted by atomic mass is 16.6. The zero-order valence-electron chi connectivity index (χ0n) is 10.5. The quantitative estimate of drug-likeness (QED) is 0.580. The molecule has 1 aromatic rings. The third-order valence-electron chi connectivity index (χ3n) is 2.76. The summed E-state index contributed by atoms with van der Waals surface area (Å²) in [6, 6.07) is 5.13. The number of nitro benzene ring substituents is 1. The standard InChI is InChI=1S/C13H18N2O2/c1-4-14(5-2)10-9-12-11(3)7-6-8-13(12)15(16)17/h6-10H,4-5H2,1-3H3. The van der Waals surface area contributed by atoms with Crippen LogP contribution in [0.5, 0.6) is 0 Å². The molecule has 4 nitrogen and oxygen atoms in total. The Morgan fingerprint density at radius 1 is 1.35 bits per heavy atom. The van der Waals surface area contributed by atoms with Gasteiger partial charge in [0.05, 0.1) is 10.5 Å². The van der Waals surface area contributed by atoms with Crippen molar-refractivity contribution in [3.8, 4) is 0 Å². The summed E-state index contributed by atoms with van der Waals surface area (Å²) in [7, 11) is 0. The average Bonchev–Trinajstić information content (AvgIpc) is 2.31. The molecule has 0 aromatic heterocycles. The van der Waals surface area contributed by atoms with Crippen molar-refractivity contribution < 1.29 is 4.92 Å². The summed E-state index contributed by atoms with van der Waals surface area (Å²) < 4.78 is 0. The number of nitro groups is 1. The first kappa shape index (κ1) is 13.2. The second-order valence-corrected chi connectivity index (χ2v) is 3.80. The highest BCUT2D eigenvalue weighted by Gasteiger charge is 2.12. The number of hydrogen-bond acceptors (Lipinski definition) is 3. The molecule has 0 amide bonds. The first-order valence-corrected chi connectivity index (χ1v) is 5.76. The summed E-state index contributed by atoms with van der Waals surface area (Å²) in [5, 5.41) is 10.9. The third kappa shape index (κ3) is 3.31. The number of aryl methyl sites for hydroxylation is 1. The summed E-state index contributed by atoms with van der Waals surface area (Å²) in [4.78, 5) is 12.7. The fraction of sp³-hybridized carbons (Fsp3) is 0.385. The van der Waals surface area contributed by atoms with E-state index in [0.29, 0.717) is 5.56 Å². The Morgan fingerprint density at radius 3 is 2.53 bits per heavy atom. The van der Waals surface area contributed by atoms with Crippen LogP contribution in [0.15, 0.2) is 24.4 Å². The molecule has 0 aliphatic carbocycles. The van der Waals surface area contributed by atoms with Gasteiger partial charge in [0.15, 0.2) is 0 Å². The van der Waals surface area contributed by atoms with Gasteiger partial charge in [-0.3, -0.25) is 10.1 Å². The first-order chi connectivity index (χ1) is 8.10. The molecule has 0 atom stereocenters.